The molecule has 1 aromatic heterocycles. The van der Waals surface area contributed by atoms with E-state index in [4.69, 9.17) is 5.11 Å². The number of H-pyrrole nitrogens is 1. The van der Waals surface area contributed by atoms with Gasteiger partial charge in [-0.05, 0) is 24.6 Å². The van der Waals surface area contributed by atoms with Gasteiger partial charge in [0.15, 0.2) is 0 Å². The highest BCUT2D eigenvalue weighted by atomic mass is 16.4. The van der Waals surface area contributed by atoms with Crippen LogP contribution in [-0.2, 0) is 6.54 Å². The largest absolute Gasteiger partial charge is 0.478 e. The molecule has 0 aliphatic rings. The summed E-state index contributed by atoms with van der Waals surface area (Å²) in [6.07, 6.45) is 0. The Bertz CT molecular complexity index is 677. The van der Waals surface area contributed by atoms with E-state index in [1.807, 2.05) is 11.9 Å². The third kappa shape index (κ3) is 3.23. The molecule has 6 heteroatoms. The van der Waals surface area contributed by atoms with E-state index in [2.05, 4.69) is 9.97 Å². The molecule has 0 bridgehead atoms. The lowest BCUT2D eigenvalue weighted by molar-refractivity contribution is 0.0697. The van der Waals surface area contributed by atoms with Crippen LogP contribution in [0.4, 0.5) is 5.82 Å². The maximum Gasteiger partial charge on any atom is 0.335 e. The molecule has 0 aliphatic carbocycles. The summed E-state index contributed by atoms with van der Waals surface area (Å²) < 4.78 is 0. The van der Waals surface area contributed by atoms with Crippen LogP contribution in [0.25, 0.3) is 0 Å². The smallest absolute Gasteiger partial charge is 0.335 e. The van der Waals surface area contributed by atoms with Crippen molar-refractivity contribution in [3.05, 3.63) is 57.6 Å². The number of aromatic amines is 1. The summed E-state index contributed by atoms with van der Waals surface area (Å²) in [4.78, 5) is 30.8. The van der Waals surface area contributed by atoms with Crippen LogP contribution in [0.1, 0.15) is 21.7 Å². The second-order valence-electron chi connectivity index (χ2n) is 4.55. The number of carboxylic acid groups (broad SMARTS) is 1. The van der Waals surface area contributed by atoms with Crippen molar-refractivity contribution in [2.75, 3.05) is 11.9 Å². The van der Waals surface area contributed by atoms with Gasteiger partial charge in [-0.25, -0.2) is 9.78 Å². The van der Waals surface area contributed by atoms with Gasteiger partial charge in [-0.2, -0.15) is 0 Å². The first-order chi connectivity index (χ1) is 9.45. The van der Waals surface area contributed by atoms with E-state index in [0.717, 1.165) is 5.56 Å². The van der Waals surface area contributed by atoms with E-state index < -0.39 is 5.97 Å². The number of aromatic nitrogens is 2. The number of anilines is 1. The second kappa shape index (κ2) is 5.56. The molecule has 1 heterocycles. The number of rotatable bonds is 4. The molecule has 0 unspecified atom stereocenters. The van der Waals surface area contributed by atoms with Gasteiger partial charge < -0.3 is 15.0 Å². The molecule has 2 aromatic rings. The lowest BCUT2D eigenvalue weighted by Crippen LogP contribution is -2.21. The number of hydrogen-bond acceptors (Lipinski definition) is 4. The molecule has 0 amide bonds. The van der Waals surface area contributed by atoms with E-state index in [0.29, 0.717) is 18.2 Å². The molecule has 1 aromatic carbocycles. The van der Waals surface area contributed by atoms with Crippen LogP contribution in [0, 0.1) is 6.92 Å². The maximum atomic E-state index is 11.4. The van der Waals surface area contributed by atoms with Gasteiger partial charge in [0.25, 0.3) is 5.56 Å². The van der Waals surface area contributed by atoms with Crippen molar-refractivity contribution in [1.82, 2.24) is 9.97 Å². The SMILES string of the molecule is Cc1nc(N(C)Cc2ccc(C(=O)O)cc2)cc(=O)[nH]1. The van der Waals surface area contributed by atoms with Gasteiger partial charge in [-0.3, -0.25) is 4.79 Å². The summed E-state index contributed by atoms with van der Waals surface area (Å²) in [5.74, 6) is 0.186. The van der Waals surface area contributed by atoms with Crippen molar-refractivity contribution in [2.24, 2.45) is 0 Å². The van der Waals surface area contributed by atoms with Gasteiger partial charge >= 0.3 is 5.97 Å². The van der Waals surface area contributed by atoms with Gasteiger partial charge in [-0.15, -0.1) is 0 Å². The minimum absolute atomic E-state index is 0.194. The summed E-state index contributed by atoms with van der Waals surface area (Å²) in [7, 11) is 1.83. The Labute approximate surface area is 115 Å². The lowest BCUT2D eigenvalue weighted by Gasteiger charge is -2.18. The number of aryl methyl sites for hydroxylation is 1. The predicted octanol–water partition coefficient (Wildman–Crippen LogP) is 1.41. The number of hydrogen-bond donors (Lipinski definition) is 2. The van der Waals surface area contributed by atoms with Gasteiger partial charge in [0, 0.05) is 19.7 Å². The Hall–Kier alpha value is -2.63. The maximum absolute atomic E-state index is 11.4. The second-order valence-corrected chi connectivity index (χ2v) is 4.55. The van der Waals surface area contributed by atoms with E-state index in [9.17, 15) is 9.59 Å². The summed E-state index contributed by atoms with van der Waals surface area (Å²) >= 11 is 0. The fraction of sp³-hybridized carbons (Fsp3) is 0.214. The van der Waals surface area contributed by atoms with Crippen molar-refractivity contribution in [3.63, 3.8) is 0 Å². The van der Waals surface area contributed by atoms with Crippen molar-refractivity contribution < 1.29 is 9.90 Å². The fourth-order valence-electron chi connectivity index (χ4n) is 1.87. The van der Waals surface area contributed by atoms with Crippen LogP contribution in [-0.4, -0.2) is 28.1 Å². The highest BCUT2D eigenvalue weighted by molar-refractivity contribution is 5.87. The molecule has 6 nitrogen and oxygen atoms in total. The van der Waals surface area contributed by atoms with E-state index in [1.165, 1.54) is 6.07 Å². The average molecular weight is 273 g/mol. The van der Waals surface area contributed by atoms with Crippen LogP contribution in [0.5, 0.6) is 0 Å². The first kappa shape index (κ1) is 13.8. The van der Waals surface area contributed by atoms with Crippen LogP contribution < -0.4 is 10.5 Å². The van der Waals surface area contributed by atoms with Crippen LogP contribution in [0.2, 0.25) is 0 Å². The van der Waals surface area contributed by atoms with Crippen LogP contribution in [0.15, 0.2) is 35.1 Å². The molecule has 2 rings (SSSR count). The summed E-state index contributed by atoms with van der Waals surface area (Å²) in [5.41, 5.74) is 0.999. The standard InChI is InChI=1S/C14H15N3O3/c1-9-15-12(7-13(18)16-9)17(2)8-10-3-5-11(6-4-10)14(19)20/h3-7H,8H2,1-2H3,(H,19,20)(H,15,16,18). The molecule has 0 radical (unpaired) electrons. The van der Waals surface area contributed by atoms with Crippen molar-refractivity contribution in [2.45, 2.75) is 13.5 Å². The van der Waals surface area contributed by atoms with Crippen molar-refractivity contribution >= 4 is 11.8 Å². The summed E-state index contributed by atoms with van der Waals surface area (Å²) in [6, 6.07) is 8.04. The average Bonchev–Trinajstić information content (AvgIpc) is 2.38. The Morgan fingerprint density at radius 3 is 2.55 bits per heavy atom. The Balaban J connectivity index is 2.16. The fourth-order valence-corrected chi connectivity index (χ4v) is 1.87. The van der Waals surface area contributed by atoms with Crippen molar-refractivity contribution in [1.29, 1.82) is 0 Å². The molecule has 104 valence electrons. The number of carbonyl (C=O) groups is 1. The number of carboxylic acids is 1. The summed E-state index contributed by atoms with van der Waals surface area (Å²) in [5, 5.41) is 8.84. The third-order valence-corrected chi connectivity index (χ3v) is 2.86. The molecular weight excluding hydrogens is 258 g/mol. The number of benzene rings is 1. The molecule has 0 atom stereocenters. The molecule has 2 N–H and O–H groups in total. The molecule has 0 saturated carbocycles. The van der Waals surface area contributed by atoms with Gasteiger partial charge in [0.2, 0.25) is 0 Å². The van der Waals surface area contributed by atoms with Gasteiger partial charge in [-0.1, -0.05) is 12.1 Å². The molecule has 0 saturated heterocycles. The molecule has 0 aliphatic heterocycles. The minimum atomic E-state index is -0.947. The quantitative estimate of drug-likeness (QED) is 0.879. The monoisotopic (exact) mass is 273 g/mol. The Kier molecular flexibility index (Phi) is 3.84. The Morgan fingerprint density at radius 1 is 1.35 bits per heavy atom. The van der Waals surface area contributed by atoms with Crippen LogP contribution in [0.3, 0.4) is 0 Å². The predicted molar refractivity (Wildman–Crippen MR) is 75.1 cm³/mol. The van der Waals surface area contributed by atoms with Gasteiger partial charge in [0.05, 0.1) is 5.56 Å². The normalized spacial score (nSPS) is 10.3. The molecular formula is C14H15N3O3. The first-order valence-corrected chi connectivity index (χ1v) is 6.07. The zero-order valence-corrected chi connectivity index (χ0v) is 11.3. The van der Waals surface area contributed by atoms with E-state index in [-0.39, 0.29) is 11.1 Å². The highest BCUT2D eigenvalue weighted by Gasteiger charge is 2.07. The molecule has 0 spiro atoms. The third-order valence-electron chi connectivity index (χ3n) is 2.86. The Morgan fingerprint density at radius 2 is 2.00 bits per heavy atom. The van der Waals surface area contributed by atoms with E-state index >= 15 is 0 Å². The molecule has 20 heavy (non-hydrogen) atoms. The zero-order chi connectivity index (χ0) is 14.7. The van der Waals surface area contributed by atoms with Crippen LogP contribution >= 0.6 is 0 Å². The highest BCUT2D eigenvalue weighted by Crippen LogP contribution is 2.12. The van der Waals surface area contributed by atoms with Crippen molar-refractivity contribution in [3.8, 4) is 0 Å². The lowest BCUT2D eigenvalue weighted by atomic mass is 10.1. The zero-order valence-electron chi connectivity index (χ0n) is 11.3. The minimum Gasteiger partial charge on any atom is -0.478 e. The molecule has 0 fully saturated rings. The number of nitrogens with one attached hydrogen (secondary N) is 1. The number of nitrogens with zero attached hydrogens (tertiary/aromatic N) is 2. The number of aromatic carboxylic acids is 1. The summed E-state index contributed by atoms with van der Waals surface area (Å²) in [6.45, 7) is 2.26. The van der Waals surface area contributed by atoms with E-state index in [1.54, 1.807) is 31.2 Å². The van der Waals surface area contributed by atoms with Gasteiger partial charge in [0.1, 0.15) is 11.6 Å². The first-order valence-electron chi connectivity index (χ1n) is 6.07. The topological polar surface area (TPSA) is 86.3 Å².